The van der Waals surface area contributed by atoms with E-state index in [0.717, 1.165) is 11.1 Å². The number of benzene rings is 2. The summed E-state index contributed by atoms with van der Waals surface area (Å²) in [6.07, 6.45) is -0.224. The SMILES string of the molecule is CCOC(=O)CC[P+](O)([S-])C(Cc1ccccc1)NC(=O)OCc1ccccc1. The molecule has 0 aromatic heterocycles. The second kappa shape index (κ2) is 11.8. The van der Waals surface area contributed by atoms with Crippen LogP contribution in [-0.4, -0.2) is 35.5 Å². The molecular weight excluding hydrogens is 409 g/mol. The van der Waals surface area contributed by atoms with Crippen LogP contribution in [0.4, 0.5) is 4.79 Å². The van der Waals surface area contributed by atoms with Gasteiger partial charge in [0.25, 0.3) is 0 Å². The summed E-state index contributed by atoms with van der Waals surface area (Å²) in [5, 5.41) is 2.71. The van der Waals surface area contributed by atoms with Crippen LogP contribution in [0.3, 0.4) is 0 Å². The van der Waals surface area contributed by atoms with Gasteiger partial charge in [0.15, 0.2) is 5.78 Å². The van der Waals surface area contributed by atoms with E-state index in [1.807, 2.05) is 60.7 Å². The van der Waals surface area contributed by atoms with Crippen LogP contribution in [0.1, 0.15) is 24.5 Å². The van der Waals surface area contributed by atoms with Crippen molar-refractivity contribution in [1.29, 1.82) is 0 Å². The maximum absolute atomic E-state index is 12.3. The second-order valence-corrected chi connectivity index (χ2v) is 10.9. The molecule has 0 saturated carbocycles. The summed E-state index contributed by atoms with van der Waals surface area (Å²) in [6.45, 7) is -0.975. The van der Waals surface area contributed by atoms with Crippen molar-refractivity contribution in [2.75, 3.05) is 12.8 Å². The van der Waals surface area contributed by atoms with Crippen molar-refractivity contribution in [3.8, 4) is 0 Å². The molecule has 0 heterocycles. The van der Waals surface area contributed by atoms with E-state index in [2.05, 4.69) is 5.32 Å². The zero-order valence-electron chi connectivity index (χ0n) is 16.3. The molecule has 2 N–H and O–H groups in total. The second-order valence-electron chi connectivity index (χ2n) is 6.45. The maximum Gasteiger partial charge on any atom is 0.410 e. The predicted molar refractivity (Wildman–Crippen MR) is 116 cm³/mol. The van der Waals surface area contributed by atoms with E-state index in [1.165, 1.54) is 0 Å². The fourth-order valence-electron chi connectivity index (χ4n) is 2.67. The Balaban J connectivity index is 2.03. The molecule has 0 radical (unpaired) electrons. The van der Waals surface area contributed by atoms with Crippen LogP contribution in [0.25, 0.3) is 0 Å². The van der Waals surface area contributed by atoms with Gasteiger partial charge in [-0.3, -0.25) is 15.0 Å². The third kappa shape index (κ3) is 8.44. The number of hydrogen-bond acceptors (Lipinski definition) is 6. The van der Waals surface area contributed by atoms with Crippen LogP contribution >= 0.6 is 6.69 Å². The highest BCUT2D eigenvalue weighted by Gasteiger charge is 2.35. The van der Waals surface area contributed by atoms with E-state index in [-0.39, 0.29) is 25.8 Å². The van der Waals surface area contributed by atoms with Crippen molar-refractivity contribution in [2.45, 2.75) is 32.2 Å². The van der Waals surface area contributed by atoms with Crippen molar-refractivity contribution < 1.29 is 24.0 Å². The van der Waals surface area contributed by atoms with Crippen LogP contribution in [-0.2, 0) is 39.5 Å². The van der Waals surface area contributed by atoms with Crippen LogP contribution in [0.15, 0.2) is 60.7 Å². The minimum atomic E-state index is -3.07. The number of carbonyl (C=O) groups excluding carboxylic acids is 2. The minimum absolute atomic E-state index is 0.00759. The lowest BCUT2D eigenvalue weighted by Crippen LogP contribution is -2.39. The quantitative estimate of drug-likeness (QED) is 0.335. The summed E-state index contributed by atoms with van der Waals surface area (Å²) in [6, 6.07) is 18.7. The number of alkyl carbamates (subject to hydrolysis) is 1. The number of rotatable bonds is 10. The Labute approximate surface area is 177 Å². The van der Waals surface area contributed by atoms with Gasteiger partial charge in [0.2, 0.25) is 0 Å². The third-order valence-electron chi connectivity index (χ3n) is 4.20. The van der Waals surface area contributed by atoms with Crippen molar-refractivity contribution in [3.63, 3.8) is 0 Å². The highest BCUT2D eigenvalue weighted by molar-refractivity contribution is 8.40. The van der Waals surface area contributed by atoms with E-state index in [1.54, 1.807) is 6.92 Å². The molecule has 29 heavy (non-hydrogen) atoms. The minimum Gasteiger partial charge on any atom is -0.523 e. The molecular formula is C21H26NO5PS. The first-order valence-corrected chi connectivity index (χ1v) is 12.4. The van der Waals surface area contributed by atoms with Crippen LogP contribution in [0.2, 0.25) is 0 Å². The third-order valence-corrected chi connectivity index (χ3v) is 7.66. The number of amides is 1. The van der Waals surface area contributed by atoms with Gasteiger partial charge in [0, 0.05) is 13.1 Å². The first-order chi connectivity index (χ1) is 13.9. The lowest BCUT2D eigenvalue weighted by molar-refractivity contribution is -0.142. The fraction of sp³-hybridized carbons (Fsp3) is 0.333. The van der Waals surface area contributed by atoms with Gasteiger partial charge in [-0.25, -0.2) is 4.79 Å². The largest absolute Gasteiger partial charge is 0.523 e. The highest BCUT2D eigenvalue weighted by Crippen LogP contribution is 2.57. The Hall–Kier alpha value is -2.08. The summed E-state index contributed by atoms with van der Waals surface area (Å²) in [7, 11) is 0. The summed E-state index contributed by atoms with van der Waals surface area (Å²) >= 11 is 5.45. The zero-order valence-corrected chi connectivity index (χ0v) is 18.0. The first-order valence-electron chi connectivity index (χ1n) is 9.39. The smallest absolute Gasteiger partial charge is 0.410 e. The molecule has 0 aliphatic rings. The molecule has 1 amide bonds. The van der Waals surface area contributed by atoms with E-state index >= 15 is 0 Å². The summed E-state index contributed by atoms with van der Waals surface area (Å²) in [5.74, 6) is -1.13. The molecule has 0 fully saturated rings. The van der Waals surface area contributed by atoms with Crippen molar-refractivity contribution in [2.24, 2.45) is 0 Å². The van der Waals surface area contributed by atoms with E-state index in [0.29, 0.717) is 6.42 Å². The molecule has 2 atom stereocenters. The van der Waals surface area contributed by atoms with Crippen LogP contribution in [0, 0.1) is 0 Å². The lowest BCUT2D eigenvalue weighted by atomic mass is 10.1. The van der Waals surface area contributed by atoms with Gasteiger partial charge in [-0.1, -0.05) is 60.7 Å². The van der Waals surface area contributed by atoms with E-state index in [9.17, 15) is 14.5 Å². The fourth-order valence-corrected chi connectivity index (χ4v) is 4.95. The highest BCUT2D eigenvalue weighted by atomic mass is 32.7. The zero-order chi connectivity index (χ0) is 21.1. The Bertz CT molecular complexity index is 773. The van der Waals surface area contributed by atoms with Gasteiger partial charge in [-0.05, 0) is 18.1 Å². The van der Waals surface area contributed by atoms with Gasteiger partial charge in [-0.2, -0.15) is 0 Å². The topological polar surface area (TPSA) is 84.9 Å². The Morgan fingerprint density at radius 1 is 1.03 bits per heavy atom. The Morgan fingerprint density at radius 2 is 1.62 bits per heavy atom. The molecule has 2 rings (SSSR count). The molecule has 156 valence electrons. The van der Waals surface area contributed by atoms with Crippen molar-refractivity contribution in [1.82, 2.24) is 5.32 Å². The van der Waals surface area contributed by atoms with Crippen molar-refractivity contribution in [3.05, 3.63) is 71.8 Å². The lowest BCUT2D eigenvalue weighted by Gasteiger charge is -2.33. The number of ether oxygens (including phenoxy) is 2. The molecule has 0 spiro atoms. The monoisotopic (exact) mass is 435 g/mol. The van der Waals surface area contributed by atoms with Gasteiger partial charge in [0.05, 0.1) is 19.2 Å². The van der Waals surface area contributed by atoms with E-state index in [4.69, 9.17) is 21.7 Å². The molecule has 0 aliphatic carbocycles. The van der Waals surface area contributed by atoms with Crippen LogP contribution < -0.4 is 5.32 Å². The summed E-state index contributed by atoms with van der Waals surface area (Å²) in [4.78, 5) is 35.0. The molecule has 6 nitrogen and oxygen atoms in total. The van der Waals surface area contributed by atoms with Gasteiger partial charge < -0.3 is 21.7 Å². The van der Waals surface area contributed by atoms with Crippen molar-refractivity contribution >= 4 is 31.0 Å². The molecule has 0 bridgehead atoms. The van der Waals surface area contributed by atoms with Gasteiger partial charge >= 0.3 is 12.1 Å². The maximum atomic E-state index is 12.3. The van der Waals surface area contributed by atoms with E-state index < -0.39 is 24.5 Å². The molecule has 2 unspecified atom stereocenters. The molecule has 8 heteroatoms. The normalized spacial score (nSPS) is 13.8. The standard InChI is InChI=1S/C21H26NO5PS/c1-2-26-20(23)13-14-28(25,29)19(15-17-9-5-3-6-10-17)22-21(24)27-16-18-11-7-4-8-12-18/h3-12,19H,2,13-16H2,1H3,(H,22,24)(H,25,29). The Kier molecular flexibility index (Phi) is 9.45. The number of nitrogens with one attached hydrogen (secondary N) is 1. The van der Waals surface area contributed by atoms with Gasteiger partial charge in [-0.15, -0.1) is 0 Å². The first kappa shape index (κ1) is 23.2. The average molecular weight is 435 g/mol. The van der Waals surface area contributed by atoms with Crippen LogP contribution in [0.5, 0.6) is 0 Å². The molecule has 2 aromatic rings. The summed E-state index contributed by atoms with van der Waals surface area (Å²) in [5.41, 5.74) is 1.77. The Morgan fingerprint density at radius 3 is 2.21 bits per heavy atom. The number of hydrogen-bond donors (Lipinski definition) is 2. The van der Waals surface area contributed by atoms with Gasteiger partial charge in [0.1, 0.15) is 6.61 Å². The number of esters is 1. The molecule has 2 aromatic carbocycles. The molecule has 0 saturated heterocycles. The number of carbonyl (C=O) groups is 2. The molecule has 0 aliphatic heterocycles. The summed E-state index contributed by atoms with van der Waals surface area (Å²) < 4.78 is 10.2. The average Bonchev–Trinajstić information content (AvgIpc) is 2.72. The predicted octanol–water partition coefficient (Wildman–Crippen LogP) is 3.82.